The lowest BCUT2D eigenvalue weighted by atomic mass is 9.77. The molecule has 9 heteroatoms. The summed E-state index contributed by atoms with van der Waals surface area (Å²) in [7, 11) is 3.47. The Labute approximate surface area is 272 Å². The number of hydrogen-bond donors (Lipinski definition) is 1. The minimum Gasteiger partial charge on any atom is -0.497 e. The molecule has 9 nitrogen and oxygen atoms in total. The highest BCUT2D eigenvalue weighted by atomic mass is 16.5. The molecule has 244 valence electrons. The van der Waals surface area contributed by atoms with E-state index in [4.69, 9.17) is 4.74 Å². The minimum absolute atomic E-state index is 0.0309. The average molecular weight is 626 g/mol. The van der Waals surface area contributed by atoms with Gasteiger partial charge in [0.15, 0.2) is 0 Å². The van der Waals surface area contributed by atoms with Gasteiger partial charge in [-0.1, -0.05) is 26.8 Å². The number of likely N-dealkylation sites (tertiary alicyclic amines) is 2. The van der Waals surface area contributed by atoms with Crippen LogP contribution in [0.4, 0.5) is 0 Å². The van der Waals surface area contributed by atoms with E-state index >= 15 is 0 Å². The van der Waals surface area contributed by atoms with Gasteiger partial charge in [0.1, 0.15) is 11.4 Å². The van der Waals surface area contributed by atoms with E-state index in [2.05, 4.69) is 37.3 Å². The van der Waals surface area contributed by atoms with Crippen molar-refractivity contribution in [1.29, 1.82) is 0 Å². The summed E-state index contributed by atoms with van der Waals surface area (Å²) >= 11 is 0. The number of nitrogens with zero attached hydrogens (tertiary/aromatic N) is 4. The molecule has 0 radical (unpaired) electrons. The maximum atomic E-state index is 13.8. The number of carbonyl (C=O) groups excluding carboxylic acids is 3. The Bertz CT molecular complexity index is 1670. The van der Waals surface area contributed by atoms with E-state index in [1.54, 1.807) is 11.8 Å². The van der Waals surface area contributed by atoms with Crippen molar-refractivity contribution in [2.45, 2.75) is 78.2 Å². The van der Waals surface area contributed by atoms with Crippen LogP contribution < -0.4 is 10.1 Å². The van der Waals surface area contributed by atoms with Crippen LogP contribution in [-0.4, -0.2) is 70.6 Å². The summed E-state index contributed by atoms with van der Waals surface area (Å²) in [4.78, 5) is 44.6. The summed E-state index contributed by atoms with van der Waals surface area (Å²) in [5.41, 5.74) is 6.78. The van der Waals surface area contributed by atoms with Gasteiger partial charge < -0.3 is 19.9 Å². The Kier molecular flexibility index (Phi) is 8.23. The maximum Gasteiger partial charge on any atom is 0.272 e. The van der Waals surface area contributed by atoms with Crippen molar-refractivity contribution in [2.75, 3.05) is 33.3 Å². The zero-order chi connectivity index (χ0) is 33.0. The van der Waals surface area contributed by atoms with E-state index in [0.29, 0.717) is 36.5 Å². The number of benzene rings is 2. The fraction of sp³-hybridized carbons (Fsp3) is 0.514. The standard InChI is InChI=1S/C37H47N5O4/c1-23-18-27(46-7)19-24(2)32(23)33(43)38-29-11-10-25-8-9-26(20-28(25)29)34(44)42-17-14-37(22-42)12-15-41(16-13-37)35(45)30-21-31(36(3,4)5)39-40(30)6/h8-9,18-21,29H,10-17,22H2,1-7H3,(H,38,43). The molecule has 46 heavy (non-hydrogen) atoms. The normalized spacial score (nSPS) is 19.0. The summed E-state index contributed by atoms with van der Waals surface area (Å²) in [6, 6.07) is 11.5. The number of aromatic nitrogens is 2. The second-order valence-corrected chi connectivity index (χ2v) is 14.7. The SMILES string of the molecule is COc1cc(C)c(C(=O)NC2CCc3ccc(C(=O)N4CCC5(CCN(C(=O)c6cc(C(C)(C)C)nn6C)CC5)C4)cc32)c(C)c1. The van der Waals surface area contributed by atoms with Crippen molar-refractivity contribution in [3.05, 3.63) is 81.2 Å². The number of piperidine rings is 1. The lowest BCUT2D eigenvalue weighted by Crippen LogP contribution is -2.45. The van der Waals surface area contributed by atoms with Gasteiger partial charge in [-0.15, -0.1) is 0 Å². The van der Waals surface area contributed by atoms with Crippen LogP contribution in [0, 0.1) is 19.3 Å². The van der Waals surface area contributed by atoms with Gasteiger partial charge in [0, 0.05) is 49.8 Å². The van der Waals surface area contributed by atoms with Gasteiger partial charge in [0.25, 0.3) is 17.7 Å². The number of aryl methyl sites for hydroxylation is 4. The number of ether oxygens (including phenoxy) is 1. The first-order valence-electron chi connectivity index (χ1n) is 16.5. The molecule has 2 fully saturated rings. The zero-order valence-electron chi connectivity index (χ0n) is 28.3. The van der Waals surface area contributed by atoms with Crippen molar-refractivity contribution in [1.82, 2.24) is 24.9 Å². The molecule has 1 unspecified atom stereocenters. The Morgan fingerprint density at radius 1 is 0.935 bits per heavy atom. The highest BCUT2D eigenvalue weighted by molar-refractivity contribution is 5.98. The number of fused-ring (bicyclic) bond motifs is 1. The summed E-state index contributed by atoms with van der Waals surface area (Å²) in [6.07, 6.45) is 4.40. The van der Waals surface area contributed by atoms with Gasteiger partial charge in [-0.2, -0.15) is 5.10 Å². The summed E-state index contributed by atoms with van der Waals surface area (Å²) in [5.74, 6) is 0.713. The summed E-state index contributed by atoms with van der Waals surface area (Å²) < 4.78 is 7.07. The van der Waals surface area contributed by atoms with Gasteiger partial charge in [-0.25, -0.2) is 0 Å². The Morgan fingerprint density at radius 2 is 1.59 bits per heavy atom. The molecule has 2 aromatic carbocycles. The van der Waals surface area contributed by atoms with Crippen molar-refractivity contribution in [3.63, 3.8) is 0 Å². The number of carbonyl (C=O) groups is 3. The van der Waals surface area contributed by atoms with E-state index in [9.17, 15) is 14.4 Å². The maximum absolute atomic E-state index is 13.8. The van der Waals surface area contributed by atoms with Crippen molar-refractivity contribution < 1.29 is 19.1 Å². The summed E-state index contributed by atoms with van der Waals surface area (Å²) in [6.45, 7) is 13.0. The summed E-state index contributed by atoms with van der Waals surface area (Å²) in [5, 5.41) is 7.84. The first-order chi connectivity index (χ1) is 21.8. The van der Waals surface area contributed by atoms with E-state index in [1.807, 2.05) is 61.0 Å². The van der Waals surface area contributed by atoms with E-state index < -0.39 is 0 Å². The molecule has 3 amide bonds. The van der Waals surface area contributed by atoms with E-state index in [0.717, 1.165) is 66.8 Å². The lowest BCUT2D eigenvalue weighted by molar-refractivity contribution is 0.0556. The van der Waals surface area contributed by atoms with Crippen LogP contribution in [0.2, 0.25) is 0 Å². The third-order valence-corrected chi connectivity index (χ3v) is 10.4. The Hall–Kier alpha value is -4.14. The van der Waals surface area contributed by atoms with Gasteiger partial charge in [-0.3, -0.25) is 19.1 Å². The second-order valence-electron chi connectivity index (χ2n) is 14.7. The number of amides is 3. The largest absolute Gasteiger partial charge is 0.497 e. The smallest absolute Gasteiger partial charge is 0.272 e. The first kappa shape index (κ1) is 31.8. The molecule has 1 N–H and O–H groups in total. The van der Waals surface area contributed by atoms with E-state index in [1.165, 1.54) is 5.56 Å². The Morgan fingerprint density at radius 3 is 2.20 bits per heavy atom. The topological polar surface area (TPSA) is 96.8 Å². The highest BCUT2D eigenvalue weighted by Gasteiger charge is 2.43. The predicted octanol–water partition coefficient (Wildman–Crippen LogP) is 5.53. The predicted molar refractivity (Wildman–Crippen MR) is 177 cm³/mol. The molecular formula is C37H47N5O4. The molecule has 2 saturated heterocycles. The van der Waals surface area contributed by atoms with Crippen LogP contribution in [0.3, 0.4) is 0 Å². The molecule has 2 aliphatic heterocycles. The second kappa shape index (κ2) is 11.9. The van der Waals surface area contributed by atoms with Gasteiger partial charge in [0.05, 0.1) is 18.8 Å². The van der Waals surface area contributed by atoms with Crippen LogP contribution in [0.5, 0.6) is 5.75 Å². The molecule has 0 bridgehead atoms. The Balaban J connectivity index is 1.09. The average Bonchev–Trinajstić information content (AvgIpc) is 3.73. The van der Waals surface area contributed by atoms with Crippen molar-refractivity contribution in [2.24, 2.45) is 12.5 Å². The number of methoxy groups -OCH3 is 1. The molecular weight excluding hydrogens is 578 g/mol. The third-order valence-electron chi connectivity index (χ3n) is 10.4. The van der Waals surface area contributed by atoms with Crippen LogP contribution in [0.15, 0.2) is 36.4 Å². The molecule has 6 rings (SSSR count). The molecule has 3 aliphatic rings. The van der Waals surface area contributed by atoms with Crippen molar-refractivity contribution >= 4 is 17.7 Å². The van der Waals surface area contributed by atoms with E-state index in [-0.39, 0.29) is 34.6 Å². The van der Waals surface area contributed by atoms with Crippen LogP contribution in [-0.2, 0) is 18.9 Å². The molecule has 0 saturated carbocycles. The molecule has 1 aromatic heterocycles. The van der Waals surface area contributed by atoms with Crippen LogP contribution in [0.1, 0.15) is 112 Å². The highest BCUT2D eigenvalue weighted by Crippen LogP contribution is 2.41. The quantitative estimate of drug-likeness (QED) is 0.402. The monoisotopic (exact) mass is 625 g/mol. The van der Waals surface area contributed by atoms with Gasteiger partial charge in [0.2, 0.25) is 0 Å². The third kappa shape index (κ3) is 5.92. The lowest BCUT2D eigenvalue weighted by Gasteiger charge is -2.39. The number of hydrogen-bond acceptors (Lipinski definition) is 5. The minimum atomic E-state index is -0.137. The molecule has 1 aliphatic carbocycles. The van der Waals surface area contributed by atoms with Crippen LogP contribution in [0.25, 0.3) is 0 Å². The number of nitrogens with one attached hydrogen (secondary N) is 1. The number of rotatable bonds is 5. The fourth-order valence-corrected chi connectivity index (χ4v) is 7.59. The van der Waals surface area contributed by atoms with Gasteiger partial charge in [-0.05, 0) is 104 Å². The first-order valence-corrected chi connectivity index (χ1v) is 16.5. The molecule has 3 heterocycles. The zero-order valence-corrected chi connectivity index (χ0v) is 28.3. The molecule has 1 spiro atoms. The molecule has 3 aromatic rings. The van der Waals surface area contributed by atoms with Crippen molar-refractivity contribution in [3.8, 4) is 5.75 Å². The fourth-order valence-electron chi connectivity index (χ4n) is 7.59. The van der Waals surface area contributed by atoms with Gasteiger partial charge >= 0.3 is 0 Å². The molecule has 1 atom stereocenters. The van der Waals surface area contributed by atoms with Crippen LogP contribution >= 0.6 is 0 Å².